The van der Waals surface area contributed by atoms with E-state index in [1.807, 2.05) is 33.8 Å². The Labute approximate surface area is 318 Å². The third-order valence-corrected chi connectivity index (χ3v) is 12.8. The van der Waals surface area contributed by atoms with E-state index in [9.17, 15) is 35.4 Å². The fourth-order valence-electron chi connectivity index (χ4n) is 8.85. The third kappa shape index (κ3) is 11.6. The second-order valence-corrected chi connectivity index (χ2v) is 18.1. The number of carbonyl (C=O) groups is 1. The maximum atomic E-state index is 13.5. The van der Waals surface area contributed by atoms with Crippen LogP contribution in [0.2, 0.25) is 0 Å². The van der Waals surface area contributed by atoms with Gasteiger partial charge in [0.05, 0.1) is 47.8 Å². The highest BCUT2D eigenvalue weighted by molar-refractivity contribution is 5.82. The van der Waals surface area contributed by atoms with Gasteiger partial charge in [-0.1, -0.05) is 65.7 Å². The van der Waals surface area contributed by atoms with Crippen molar-refractivity contribution < 1.29 is 54.4 Å². The summed E-state index contributed by atoms with van der Waals surface area (Å²) in [7, 11) is 0. The number of fused-ring (bicyclic) bond motifs is 3. The number of aliphatic hydroxyl groups excluding tert-OH is 4. The second kappa shape index (κ2) is 18.2. The quantitative estimate of drug-likeness (QED) is 0.160. The average molecular weight is 753 g/mol. The van der Waals surface area contributed by atoms with Crippen molar-refractivity contribution in [3.8, 4) is 0 Å². The van der Waals surface area contributed by atoms with Crippen LogP contribution in [0, 0.1) is 29.6 Å². The summed E-state index contributed by atoms with van der Waals surface area (Å²) in [6.45, 7) is 15.0. The lowest BCUT2D eigenvalue weighted by Crippen LogP contribution is -2.59. The minimum atomic E-state index is -1.54. The summed E-state index contributed by atoms with van der Waals surface area (Å²) in [5.41, 5.74) is -1.99. The third-order valence-electron chi connectivity index (χ3n) is 12.8. The summed E-state index contributed by atoms with van der Waals surface area (Å²) in [5, 5.41) is 66.7. The van der Waals surface area contributed by atoms with Gasteiger partial charge < -0.3 is 49.6 Å². The van der Waals surface area contributed by atoms with Gasteiger partial charge >= 0.3 is 5.97 Å². The summed E-state index contributed by atoms with van der Waals surface area (Å²) in [6.07, 6.45) is 8.61. The Morgan fingerprint density at radius 1 is 0.887 bits per heavy atom. The van der Waals surface area contributed by atoms with E-state index in [0.29, 0.717) is 38.5 Å². The highest BCUT2D eigenvalue weighted by Gasteiger charge is 2.56. The number of aliphatic hydroxyl groups is 6. The second-order valence-electron chi connectivity index (χ2n) is 18.1. The molecule has 4 aliphatic rings. The lowest BCUT2D eigenvalue weighted by Gasteiger charge is -2.52. The van der Waals surface area contributed by atoms with Gasteiger partial charge in [0, 0.05) is 55.4 Å². The monoisotopic (exact) mass is 753 g/mol. The van der Waals surface area contributed by atoms with Crippen molar-refractivity contribution in [2.24, 2.45) is 29.6 Å². The molecule has 4 rings (SSSR count). The number of hydrogen-bond acceptors (Lipinski definition) is 11. The molecule has 0 amide bonds. The Hall–Kier alpha value is -1.41. The fourth-order valence-corrected chi connectivity index (χ4v) is 8.85. The van der Waals surface area contributed by atoms with Gasteiger partial charge in [-0.15, -0.1) is 0 Å². The molecule has 11 nitrogen and oxygen atoms in total. The molecular weight excluding hydrogens is 680 g/mol. The molecule has 3 fully saturated rings. The molecule has 0 aromatic carbocycles. The Bertz CT molecular complexity index is 1240. The zero-order valence-electron chi connectivity index (χ0n) is 33.7. The minimum absolute atomic E-state index is 0.0984. The van der Waals surface area contributed by atoms with E-state index in [2.05, 4.69) is 13.0 Å². The first-order valence-electron chi connectivity index (χ1n) is 20.5. The molecule has 15 atom stereocenters. The van der Waals surface area contributed by atoms with Gasteiger partial charge in [0.25, 0.3) is 0 Å². The van der Waals surface area contributed by atoms with Crippen LogP contribution in [-0.4, -0.2) is 102 Å². The summed E-state index contributed by atoms with van der Waals surface area (Å²) in [6, 6.07) is 0. The molecule has 1 spiro atoms. The Balaban J connectivity index is 1.64. The van der Waals surface area contributed by atoms with Crippen molar-refractivity contribution in [1.29, 1.82) is 0 Å². The molecule has 6 N–H and O–H groups in total. The topological polar surface area (TPSA) is 175 Å². The van der Waals surface area contributed by atoms with E-state index in [0.717, 1.165) is 25.7 Å². The largest absolute Gasteiger partial charge is 0.459 e. The van der Waals surface area contributed by atoms with Crippen LogP contribution < -0.4 is 0 Å². The Morgan fingerprint density at radius 3 is 2.30 bits per heavy atom. The first-order valence-corrected chi connectivity index (χ1v) is 20.5. The minimum Gasteiger partial charge on any atom is -0.459 e. The fraction of sp³-hybridized carbons (Fsp3) is 0.881. The number of ether oxygens (including phenoxy) is 4. The average Bonchev–Trinajstić information content (AvgIpc) is 3.32. The standard InChI is InChI=1S/C42H72O11/c1-9-31(43)21-33-26(2)18-20-41(51-33)24-34-29(5)35(52-41)25-42(49)30(23-39(6,7)53-42)15-13-11-10-12-14-19-40(8,48)36(45)22-32(44)28(4)38(47)27(3)16-17-37(46)50-34/h13,15-17,26-36,38,43-45,47-49H,9-12,14,18-25H2,1-8H3. The van der Waals surface area contributed by atoms with E-state index >= 15 is 0 Å². The predicted molar refractivity (Wildman–Crippen MR) is 201 cm³/mol. The number of carbonyl (C=O) groups excluding carboxylic acids is 1. The highest BCUT2D eigenvalue weighted by Crippen LogP contribution is 2.50. The van der Waals surface area contributed by atoms with Crippen LogP contribution in [0.3, 0.4) is 0 Å². The highest BCUT2D eigenvalue weighted by atomic mass is 16.7. The normalized spacial score (nSPS) is 45.9. The molecule has 0 radical (unpaired) electrons. The summed E-state index contributed by atoms with van der Waals surface area (Å²) >= 11 is 0. The molecule has 3 saturated heterocycles. The first-order chi connectivity index (χ1) is 24.7. The molecule has 53 heavy (non-hydrogen) atoms. The van der Waals surface area contributed by atoms with Crippen LogP contribution in [0.5, 0.6) is 0 Å². The molecule has 4 heterocycles. The number of esters is 1. The van der Waals surface area contributed by atoms with Gasteiger partial charge in [0.2, 0.25) is 0 Å². The Kier molecular flexibility index (Phi) is 15.2. The maximum Gasteiger partial charge on any atom is 0.330 e. The van der Waals surface area contributed by atoms with Crippen molar-refractivity contribution in [1.82, 2.24) is 0 Å². The Morgan fingerprint density at radius 2 is 1.60 bits per heavy atom. The number of allylic oxidation sites excluding steroid dienone is 1. The van der Waals surface area contributed by atoms with Crippen molar-refractivity contribution in [3.05, 3.63) is 24.3 Å². The maximum absolute atomic E-state index is 13.5. The van der Waals surface area contributed by atoms with Gasteiger partial charge in [-0.3, -0.25) is 0 Å². The van der Waals surface area contributed by atoms with Gasteiger partial charge in [0.15, 0.2) is 11.6 Å². The van der Waals surface area contributed by atoms with E-state index in [4.69, 9.17) is 18.9 Å². The van der Waals surface area contributed by atoms with Gasteiger partial charge in [-0.05, 0) is 71.6 Å². The van der Waals surface area contributed by atoms with Crippen LogP contribution in [0.4, 0.5) is 0 Å². The number of rotatable bonds is 3. The van der Waals surface area contributed by atoms with Crippen LogP contribution in [0.15, 0.2) is 24.3 Å². The molecule has 0 aliphatic carbocycles. The lowest BCUT2D eigenvalue weighted by molar-refractivity contribution is -0.358. The first kappa shape index (κ1) is 44.3. The van der Waals surface area contributed by atoms with E-state index < -0.39 is 77.2 Å². The predicted octanol–water partition coefficient (Wildman–Crippen LogP) is 5.46. The van der Waals surface area contributed by atoms with Crippen molar-refractivity contribution in [2.75, 3.05) is 0 Å². The summed E-state index contributed by atoms with van der Waals surface area (Å²) < 4.78 is 26.2. The lowest BCUT2D eigenvalue weighted by atomic mass is 9.79. The molecular formula is C42H72O11. The van der Waals surface area contributed by atoms with Crippen LogP contribution in [0.25, 0.3) is 0 Å². The zero-order chi connectivity index (χ0) is 39.4. The molecule has 0 saturated carbocycles. The van der Waals surface area contributed by atoms with E-state index in [1.165, 1.54) is 6.08 Å². The molecule has 11 heteroatoms. The summed E-state index contributed by atoms with van der Waals surface area (Å²) in [5.74, 6) is -4.82. The van der Waals surface area contributed by atoms with E-state index in [1.54, 1.807) is 26.8 Å². The van der Waals surface area contributed by atoms with Crippen LogP contribution in [-0.2, 0) is 23.7 Å². The van der Waals surface area contributed by atoms with Gasteiger partial charge in [-0.2, -0.15) is 0 Å². The van der Waals surface area contributed by atoms with Crippen molar-refractivity contribution in [3.63, 3.8) is 0 Å². The van der Waals surface area contributed by atoms with Crippen LogP contribution >= 0.6 is 0 Å². The van der Waals surface area contributed by atoms with Gasteiger partial charge in [0.1, 0.15) is 6.10 Å². The molecule has 306 valence electrons. The molecule has 0 aromatic rings. The van der Waals surface area contributed by atoms with Crippen molar-refractivity contribution >= 4 is 5.97 Å². The molecule has 2 bridgehead atoms. The van der Waals surface area contributed by atoms with Gasteiger partial charge in [-0.25, -0.2) is 4.79 Å². The van der Waals surface area contributed by atoms with E-state index in [-0.39, 0.29) is 43.1 Å². The zero-order valence-corrected chi connectivity index (χ0v) is 33.7. The number of hydrogen-bond donors (Lipinski definition) is 6. The molecule has 15 unspecified atom stereocenters. The summed E-state index contributed by atoms with van der Waals surface area (Å²) in [4.78, 5) is 13.5. The molecule has 0 aromatic heterocycles. The molecule has 4 aliphatic heterocycles. The smallest absolute Gasteiger partial charge is 0.330 e. The van der Waals surface area contributed by atoms with Crippen molar-refractivity contribution in [2.45, 2.75) is 204 Å². The van der Waals surface area contributed by atoms with Crippen LogP contribution in [0.1, 0.15) is 139 Å². The SMILES string of the molecule is CCC(O)CC1OC2(CCC1C)CC1OC(=O)C=CC(C)C(O)C(C)C(O)CC(O)C(C)(O)CCCCCC=CC3CC(C)(C)OC3(O)CC(O2)C1C.